The maximum atomic E-state index is 12.2. The molecule has 0 radical (unpaired) electrons. The average molecular weight is 374 g/mol. The molecule has 0 aliphatic heterocycles. The number of carbonyl (C=O) groups is 1. The third-order valence-corrected chi connectivity index (χ3v) is 9.75. The summed E-state index contributed by atoms with van der Waals surface area (Å²) in [6, 6.07) is 0. The van der Waals surface area contributed by atoms with E-state index in [1.807, 2.05) is 0 Å². The Morgan fingerprint density at radius 3 is 2.56 bits per heavy atom. The van der Waals surface area contributed by atoms with E-state index in [4.69, 9.17) is 10.1 Å². The lowest BCUT2D eigenvalue weighted by molar-refractivity contribution is -0.123. The molecule has 8 atom stereocenters. The number of ketones is 1. The summed E-state index contributed by atoms with van der Waals surface area (Å²) in [7, 11) is 0. The number of hydrogen-bond acceptors (Lipinski definition) is 3. The van der Waals surface area contributed by atoms with Crippen molar-refractivity contribution in [2.45, 2.75) is 79.1 Å². The molecule has 0 aromatic rings. The van der Waals surface area contributed by atoms with Crippen LogP contribution in [0.4, 0.5) is 0 Å². The highest BCUT2D eigenvalue weighted by atomic mass is 16.5. The topological polar surface area (TPSA) is 50.1 Å². The summed E-state index contributed by atoms with van der Waals surface area (Å²) in [5.74, 6) is 4.20. The standard InChI is InChI=1S/C24H39NO2/c1-5-27-14-15(2)17-8-9-18-16-6-7-20-22(25)21(26)11-13-24(20,4)19(16)10-12-23(17,18)3/h15-20,25H,5-14H2,1-4H3/t15-,16+,17-,18+,19+,20?,23-,24-/m1/s1. The number of nitrogens with one attached hydrogen (secondary N) is 1. The van der Waals surface area contributed by atoms with Crippen LogP contribution in [0.2, 0.25) is 0 Å². The van der Waals surface area contributed by atoms with Crippen LogP contribution >= 0.6 is 0 Å². The highest BCUT2D eigenvalue weighted by Crippen LogP contribution is 2.67. The van der Waals surface area contributed by atoms with E-state index in [2.05, 4.69) is 27.7 Å². The Balaban J connectivity index is 1.56. The first kappa shape index (κ1) is 19.6. The van der Waals surface area contributed by atoms with E-state index in [1.54, 1.807) is 0 Å². The summed E-state index contributed by atoms with van der Waals surface area (Å²) in [4.78, 5) is 12.2. The Morgan fingerprint density at radius 2 is 1.81 bits per heavy atom. The van der Waals surface area contributed by atoms with Crippen molar-refractivity contribution in [3.8, 4) is 0 Å². The van der Waals surface area contributed by atoms with Gasteiger partial charge < -0.3 is 10.1 Å². The normalized spacial score (nSPS) is 47.9. The summed E-state index contributed by atoms with van der Waals surface area (Å²) < 4.78 is 5.79. The first-order valence-corrected chi connectivity index (χ1v) is 11.5. The van der Waals surface area contributed by atoms with Crippen LogP contribution < -0.4 is 0 Å². The number of carbonyl (C=O) groups excluding carboxylic acids is 1. The first-order valence-electron chi connectivity index (χ1n) is 11.5. The van der Waals surface area contributed by atoms with Gasteiger partial charge in [0.05, 0.1) is 5.71 Å². The van der Waals surface area contributed by atoms with Gasteiger partial charge in [-0.3, -0.25) is 4.79 Å². The molecule has 0 aromatic carbocycles. The minimum absolute atomic E-state index is 0.127. The molecule has 0 amide bonds. The largest absolute Gasteiger partial charge is 0.381 e. The van der Waals surface area contributed by atoms with Crippen molar-refractivity contribution < 1.29 is 9.53 Å². The van der Waals surface area contributed by atoms with Gasteiger partial charge in [-0.15, -0.1) is 0 Å². The Labute approximate surface area is 165 Å². The molecule has 3 heteroatoms. The van der Waals surface area contributed by atoms with Gasteiger partial charge in [-0.1, -0.05) is 20.8 Å². The third kappa shape index (κ3) is 2.86. The molecule has 1 unspecified atom stereocenters. The zero-order valence-electron chi connectivity index (χ0n) is 17.9. The molecule has 0 heterocycles. The van der Waals surface area contributed by atoms with Crippen LogP contribution in [0.25, 0.3) is 0 Å². The third-order valence-electron chi connectivity index (χ3n) is 9.75. The second-order valence-electron chi connectivity index (χ2n) is 10.7. The van der Waals surface area contributed by atoms with Crippen LogP contribution in [0.15, 0.2) is 0 Å². The Morgan fingerprint density at radius 1 is 1.07 bits per heavy atom. The fourth-order valence-electron chi connectivity index (χ4n) is 8.40. The summed E-state index contributed by atoms with van der Waals surface area (Å²) in [6.45, 7) is 11.3. The number of hydrogen-bond donors (Lipinski definition) is 1. The Hall–Kier alpha value is -0.700. The van der Waals surface area contributed by atoms with E-state index in [1.165, 1.54) is 32.1 Å². The summed E-state index contributed by atoms with van der Waals surface area (Å²) in [5.41, 5.74) is 1.13. The van der Waals surface area contributed by atoms with E-state index in [-0.39, 0.29) is 17.1 Å². The van der Waals surface area contributed by atoms with Gasteiger partial charge in [-0.05, 0) is 92.3 Å². The average Bonchev–Trinajstić information content (AvgIpc) is 3.00. The van der Waals surface area contributed by atoms with Gasteiger partial charge in [0, 0.05) is 25.6 Å². The van der Waals surface area contributed by atoms with Crippen LogP contribution in [0.3, 0.4) is 0 Å². The van der Waals surface area contributed by atoms with E-state index in [9.17, 15) is 4.79 Å². The van der Waals surface area contributed by atoms with Crippen molar-refractivity contribution in [3.63, 3.8) is 0 Å². The summed E-state index contributed by atoms with van der Waals surface area (Å²) >= 11 is 0. The first-order chi connectivity index (χ1) is 12.8. The molecule has 0 bridgehead atoms. The highest BCUT2D eigenvalue weighted by molar-refractivity contribution is 6.40. The molecule has 0 aromatic heterocycles. The zero-order chi connectivity index (χ0) is 19.4. The van der Waals surface area contributed by atoms with Crippen molar-refractivity contribution in [1.29, 1.82) is 5.41 Å². The molecule has 0 spiro atoms. The molecule has 3 nitrogen and oxygen atoms in total. The Kier molecular flexibility index (Phi) is 5.06. The van der Waals surface area contributed by atoms with Crippen molar-refractivity contribution in [1.82, 2.24) is 0 Å². The van der Waals surface area contributed by atoms with E-state index >= 15 is 0 Å². The summed E-state index contributed by atoms with van der Waals surface area (Å²) in [5, 5.41) is 8.43. The zero-order valence-corrected chi connectivity index (χ0v) is 17.9. The van der Waals surface area contributed by atoms with Crippen molar-refractivity contribution in [2.24, 2.45) is 46.3 Å². The maximum absolute atomic E-state index is 12.2. The van der Waals surface area contributed by atoms with Crippen LogP contribution in [0, 0.1) is 51.7 Å². The van der Waals surface area contributed by atoms with Crippen LogP contribution in [-0.4, -0.2) is 24.7 Å². The molecule has 27 heavy (non-hydrogen) atoms. The molecule has 0 saturated heterocycles. The maximum Gasteiger partial charge on any atom is 0.176 e. The minimum Gasteiger partial charge on any atom is -0.381 e. The smallest absolute Gasteiger partial charge is 0.176 e. The lowest BCUT2D eigenvalue weighted by Crippen LogP contribution is -2.56. The fraction of sp³-hybridized carbons (Fsp3) is 0.917. The van der Waals surface area contributed by atoms with Gasteiger partial charge >= 0.3 is 0 Å². The number of Topliss-reactive ketones (excluding diaryl/α,β-unsaturated/α-hetero) is 1. The fourth-order valence-corrected chi connectivity index (χ4v) is 8.40. The van der Waals surface area contributed by atoms with Crippen LogP contribution in [-0.2, 0) is 9.53 Å². The molecule has 152 valence electrons. The van der Waals surface area contributed by atoms with Crippen molar-refractivity contribution in [3.05, 3.63) is 0 Å². The van der Waals surface area contributed by atoms with Gasteiger partial charge in [0.15, 0.2) is 5.78 Å². The molecule has 1 N–H and O–H groups in total. The molecule has 4 fully saturated rings. The Bertz CT molecular complexity index is 616. The van der Waals surface area contributed by atoms with Gasteiger partial charge in [0.1, 0.15) is 0 Å². The molecular formula is C24H39NO2. The molecular weight excluding hydrogens is 334 g/mol. The van der Waals surface area contributed by atoms with E-state index < -0.39 is 0 Å². The lowest BCUT2D eigenvalue weighted by Gasteiger charge is -2.60. The number of rotatable bonds is 4. The number of ether oxygens (including phenoxy) is 1. The molecule has 4 rings (SSSR count). The SMILES string of the molecule is CCOC[C@@H](C)[C@H]1CC[C@H]2[C@@H]3CCC4C(=N)C(=O)CC[C@]4(C)[C@H]3CC[C@]12C. The molecule has 4 saturated carbocycles. The van der Waals surface area contributed by atoms with Gasteiger partial charge in [-0.2, -0.15) is 0 Å². The van der Waals surface area contributed by atoms with Gasteiger partial charge in [-0.25, -0.2) is 0 Å². The van der Waals surface area contributed by atoms with Crippen LogP contribution in [0.5, 0.6) is 0 Å². The second kappa shape index (κ2) is 6.97. The summed E-state index contributed by atoms with van der Waals surface area (Å²) in [6.07, 6.45) is 9.36. The highest BCUT2D eigenvalue weighted by Gasteiger charge is 2.61. The minimum atomic E-state index is 0.127. The lowest BCUT2D eigenvalue weighted by atomic mass is 9.44. The predicted octanol–water partition coefficient (Wildman–Crippen LogP) is 5.52. The van der Waals surface area contributed by atoms with Crippen molar-refractivity contribution >= 4 is 11.5 Å². The molecule has 4 aliphatic carbocycles. The van der Waals surface area contributed by atoms with Gasteiger partial charge in [0.25, 0.3) is 0 Å². The number of fused-ring (bicyclic) bond motifs is 5. The predicted molar refractivity (Wildman–Crippen MR) is 109 cm³/mol. The van der Waals surface area contributed by atoms with Crippen LogP contribution in [0.1, 0.15) is 79.1 Å². The van der Waals surface area contributed by atoms with E-state index in [0.29, 0.717) is 23.5 Å². The molecule has 4 aliphatic rings. The quantitative estimate of drug-likeness (QED) is 0.705. The van der Waals surface area contributed by atoms with Gasteiger partial charge in [0.2, 0.25) is 0 Å². The monoisotopic (exact) mass is 373 g/mol. The second-order valence-corrected chi connectivity index (χ2v) is 10.7. The van der Waals surface area contributed by atoms with Crippen molar-refractivity contribution in [2.75, 3.05) is 13.2 Å². The van der Waals surface area contributed by atoms with E-state index in [0.717, 1.165) is 49.7 Å².